The van der Waals surface area contributed by atoms with E-state index in [1.807, 2.05) is 0 Å². The number of likely N-dealkylation sites (N-methyl/N-ethyl adjacent to an activating group) is 2. The number of anilines is 2. The van der Waals surface area contributed by atoms with E-state index >= 15 is 0 Å². The highest BCUT2D eigenvalue weighted by molar-refractivity contribution is 6.12. The van der Waals surface area contributed by atoms with Gasteiger partial charge in [0.05, 0.1) is 18.9 Å². The van der Waals surface area contributed by atoms with Gasteiger partial charge in [0.1, 0.15) is 17.2 Å². The molecule has 0 radical (unpaired) electrons. The summed E-state index contributed by atoms with van der Waals surface area (Å²) < 4.78 is 41.5. The van der Waals surface area contributed by atoms with Gasteiger partial charge in [0.25, 0.3) is 5.91 Å². The Morgan fingerprint density at radius 1 is 1.00 bits per heavy atom. The van der Waals surface area contributed by atoms with Gasteiger partial charge in [0.15, 0.2) is 23.3 Å². The van der Waals surface area contributed by atoms with E-state index in [0.29, 0.717) is 35.9 Å². The maximum absolute atomic E-state index is 13.4. The zero-order valence-electron chi connectivity index (χ0n) is 17.8. The van der Waals surface area contributed by atoms with Crippen molar-refractivity contribution >= 4 is 17.4 Å². The Morgan fingerprint density at radius 3 is 2.41 bits per heavy atom. The van der Waals surface area contributed by atoms with E-state index < -0.39 is 17.5 Å². The lowest BCUT2D eigenvalue weighted by Gasteiger charge is -2.33. The van der Waals surface area contributed by atoms with E-state index in [-0.39, 0.29) is 18.0 Å². The molecule has 0 spiro atoms. The highest BCUT2D eigenvalue weighted by Gasteiger charge is 2.30. The van der Waals surface area contributed by atoms with Gasteiger partial charge in [-0.1, -0.05) is 6.08 Å². The minimum Gasteiger partial charge on any atom is -0.323 e. The fourth-order valence-electron chi connectivity index (χ4n) is 3.63. The molecule has 32 heavy (non-hydrogen) atoms. The third kappa shape index (κ3) is 3.95. The molecule has 1 aliphatic rings. The van der Waals surface area contributed by atoms with Gasteiger partial charge in [-0.05, 0) is 36.6 Å². The molecule has 1 aliphatic heterocycles. The van der Waals surface area contributed by atoms with E-state index in [9.17, 15) is 18.0 Å². The van der Waals surface area contributed by atoms with Gasteiger partial charge < -0.3 is 9.80 Å². The van der Waals surface area contributed by atoms with Crippen molar-refractivity contribution in [1.29, 1.82) is 0 Å². The van der Waals surface area contributed by atoms with Gasteiger partial charge in [-0.15, -0.1) is 0 Å². The lowest BCUT2D eigenvalue weighted by Crippen LogP contribution is -2.41. The summed E-state index contributed by atoms with van der Waals surface area (Å²) in [4.78, 5) is 24.7. The van der Waals surface area contributed by atoms with E-state index in [0.717, 1.165) is 17.7 Å². The second kappa shape index (κ2) is 8.45. The molecule has 3 heterocycles. The number of rotatable bonds is 5. The minimum atomic E-state index is -1.48. The number of hydrogen-bond acceptors (Lipinski definition) is 5. The number of allylic oxidation sites excluding steroid dienone is 1. The number of carbonyl (C=O) groups is 1. The molecule has 0 unspecified atom stereocenters. The van der Waals surface area contributed by atoms with Crippen molar-refractivity contribution in [3.63, 3.8) is 0 Å². The second-order valence-electron chi connectivity index (χ2n) is 7.51. The molecule has 2 aromatic heterocycles. The molecular formula is C22H21F3N6O. The first-order valence-electron chi connectivity index (χ1n) is 9.97. The van der Waals surface area contributed by atoms with Crippen molar-refractivity contribution in [2.24, 2.45) is 0 Å². The van der Waals surface area contributed by atoms with Crippen LogP contribution in [0.4, 0.5) is 24.7 Å². The summed E-state index contributed by atoms with van der Waals surface area (Å²) in [5.74, 6) is -2.79. The van der Waals surface area contributed by atoms with Crippen LogP contribution in [-0.4, -0.2) is 39.8 Å². The monoisotopic (exact) mass is 442 g/mol. The Kier molecular flexibility index (Phi) is 5.68. The van der Waals surface area contributed by atoms with Crippen molar-refractivity contribution in [1.82, 2.24) is 19.7 Å². The summed E-state index contributed by atoms with van der Waals surface area (Å²) in [6.07, 6.45) is 7.94. The minimum absolute atomic E-state index is 0.112. The third-order valence-corrected chi connectivity index (χ3v) is 5.35. The molecule has 0 aliphatic carbocycles. The average molecular weight is 442 g/mol. The molecule has 0 bridgehead atoms. The number of nitrogens with zero attached hydrogens (tertiary/aromatic N) is 6. The lowest BCUT2D eigenvalue weighted by molar-refractivity contribution is -0.115. The summed E-state index contributed by atoms with van der Waals surface area (Å²) >= 11 is 0. The van der Waals surface area contributed by atoms with Crippen LogP contribution >= 0.6 is 0 Å². The number of halogens is 3. The molecule has 7 nitrogen and oxygen atoms in total. The van der Waals surface area contributed by atoms with Gasteiger partial charge in [0.2, 0.25) is 0 Å². The van der Waals surface area contributed by atoms with Crippen molar-refractivity contribution in [2.45, 2.75) is 26.3 Å². The van der Waals surface area contributed by atoms with Gasteiger partial charge in [-0.2, -0.15) is 5.10 Å². The van der Waals surface area contributed by atoms with Crippen LogP contribution in [0.5, 0.6) is 0 Å². The van der Waals surface area contributed by atoms with E-state index in [2.05, 4.69) is 15.1 Å². The summed E-state index contributed by atoms with van der Waals surface area (Å²) in [6, 6.07) is 1.91. The smallest absolute Gasteiger partial charge is 0.274 e. The van der Waals surface area contributed by atoms with Crippen LogP contribution in [0.25, 0.3) is 0 Å². The van der Waals surface area contributed by atoms with E-state index in [1.54, 1.807) is 50.6 Å². The van der Waals surface area contributed by atoms with Gasteiger partial charge in [-0.3, -0.25) is 9.48 Å². The first kappa shape index (κ1) is 21.5. The van der Waals surface area contributed by atoms with Crippen molar-refractivity contribution < 1.29 is 18.0 Å². The standard InChI is InChI=1S/C22H21F3N6O/c1-4-17-22(32)30(3)18-10-26-19(28-21(18)29(17)2)6-5-13-9-27-31(11-13)12-14-7-15(23)20(25)16(24)8-14/h4,7-11H,5-6,12H2,1-3H3. The van der Waals surface area contributed by atoms with Gasteiger partial charge >= 0.3 is 0 Å². The quantitative estimate of drug-likeness (QED) is 0.448. The van der Waals surface area contributed by atoms with Crippen LogP contribution in [0, 0.1) is 17.5 Å². The second-order valence-corrected chi connectivity index (χ2v) is 7.51. The lowest BCUT2D eigenvalue weighted by atomic mass is 10.2. The summed E-state index contributed by atoms with van der Waals surface area (Å²) in [6.45, 7) is 1.91. The number of benzene rings is 1. The average Bonchev–Trinajstić information content (AvgIpc) is 3.22. The molecular weight excluding hydrogens is 421 g/mol. The van der Waals surface area contributed by atoms with Crippen LogP contribution < -0.4 is 9.80 Å². The predicted molar refractivity (Wildman–Crippen MR) is 113 cm³/mol. The van der Waals surface area contributed by atoms with Crippen LogP contribution in [0.15, 0.2) is 42.5 Å². The van der Waals surface area contributed by atoms with Crippen LogP contribution in [0.1, 0.15) is 23.9 Å². The first-order valence-corrected chi connectivity index (χ1v) is 9.97. The fourth-order valence-corrected chi connectivity index (χ4v) is 3.63. The number of aromatic nitrogens is 4. The van der Waals surface area contributed by atoms with Crippen LogP contribution in [0.3, 0.4) is 0 Å². The van der Waals surface area contributed by atoms with Crippen molar-refractivity contribution in [2.75, 3.05) is 23.9 Å². The Bertz CT molecular complexity index is 1200. The molecule has 0 atom stereocenters. The molecule has 1 aromatic carbocycles. The van der Waals surface area contributed by atoms with Gasteiger partial charge in [0, 0.05) is 26.7 Å². The number of amides is 1. The maximum Gasteiger partial charge on any atom is 0.274 e. The number of carbonyl (C=O) groups excluding carboxylic acids is 1. The molecule has 4 rings (SSSR count). The highest BCUT2D eigenvalue weighted by atomic mass is 19.2. The fraction of sp³-hybridized carbons (Fsp3) is 0.273. The number of aryl methyl sites for hydroxylation is 2. The topological polar surface area (TPSA) is 67.2 Å². The molecule has 166 valence electrons. The molecule has 0 saturated heterocycles. The highest BCUT2D eigenvalue weighted by Crippen LogP contribution is 2.33. The third-order valence-electron chi connectivity index (χ3n) is 5.35. The molecule has 0 N–H and O–H groups in total. The van der Waals surface area contributed by atoms with Crippen molar-refractivity contribution in [3.8, 4) is 0 Å². The summed E-state index contributed by atoms with van der Waals surface area (Å²) in [5.41, 5.74) is 2.35. The van der Waals surface area contributed by atoms with E-state index in [4.69, 9.17) is 0 Å². The maximum atomic E-state index is 13.4. The molecule has 1 amide bonds. The molecule has 0 saturated carbocycles. The number of fused-ring (bicyclic) bond motifs is 1. The Morgan fingerprint density at radius 2 is 1.72 bits per heavy atom. The van der Waals surface area contributed by atoms with Crippen molar-refractivity contribution in [3.05, 3.63) is 76.9 Å². The Hall–Kier alpha value is -3.69. The van der Waals surface area contributed by atoms with Crippen LogP contribution in [0.2, 0.25) is 0 Å². The first-order chi connectivity index (χ1) is 15.3. The summed E-state index contributed by atoms with van der Waals surface area (Å²) in [7, 11) is 3.48. The molecule has 10 heteroatoms. The Labute approximate surface area is 182 Å². The van der Waals surface area contributed by atoms with Gasteiger partial charge in [-0.25, -0.2) is 23.1 Å². The predicted octanol–water partition coefficient (Wildman–Crippen LogP) is 3.24. The zero-order chi connectivity index (χ0) is 23.0. The Balaban J connectivity index is 1.46. The zero-order valence-corrected chi connectivity index (χ0v) is 17.8. The molecule has 3 aromatic rings. The normalized spacial score (nSPS) is 14.9. The SMILES string of the molecule is CC=C1C(=O)N(C)c2cnc(CCc3cnn(Cc4cc(F)c(F)c(F)c4)c3)nc2N1C. The molecule has 0 fully saturated rings. The van der Waals surface area contributed by atoms with Crippen LogP contribution in [-0.2, 0) is 24.2 Å². The number of hydrogen-bond donors (Lipinski definition) is 0. The summed E-state index contributed by atoms with van der Waals surface area (Å²) in [5, 5.41) is 4.20. The largest absolute Gasteiger partial charge is 0.323 e. The van der Waals surface area contributed by atoms with E-state index in [1.165, 1.54) is 9.58 Å².